The fourth-order valence-electron chi connectivity index (χ4n) is 3.39. The lowest BCUT2D eigenvalue weighted by Gasteiger charge is -2.13. The van der Waals surface area contributed by atoms with Gasteiger partial charge >= 0.3 is 10.1 Å². The predicted octanol–water partition coefficient (Wildman–Crippen LogP) is 7.29. The van der Waals surface area contributed by atoms with E-state index >= 15 is 0 Å². The molecular weight excluding hydrogens is 477 g/mol. The van der Waals surface area contributed by atoms with Gasteiger partial charge in [-0.05, 0) is 54.1 Å². The molecular formula is C26H17Cl2NO3S. The summed E-state index contributed by atoms with van der Waals surface area (Å²) < 4.78 is 31.5. The molecule has 0 aliphatic carbocycles. The maximum absolute atomic E-state index is 13.0. The molecule has 164 valence electrons. The molecule has 4 nitrogen and oxygen atoms in total. The number of fused-ring (bicyclic) bond motifs is 1. The van der Waals surface area contributed by atoms with Crippen LogP contribution in [-0.4, -0.2) is 8.42 Å². The van der Waals surface area contributed by atoms with E-state index in [9.17, 15) is 13.7 Å². The second-order valence-electron chi connectivity index (χ2n) is 7.34. The van der Waals surface area contributed by atoms with Gasteiger partial charge in [-0.1, -0.05) is 77.3 Å². The van der Waals surface area contributed by atoms with Crippen LogP contribution >= 0.6 is 23.2 Å². The summed E-state index contributed by atoms with van der Waals surface area (Å²) in [6, 6.07) is 24.2. The van der Waals surface area contributed by atoms with Gasteiger partial charge in [0.15, 0.2) is 5.75 Å². The van der Waals surface area contributed by atoms with Crippen molar-refractivity contribution < 1.29 is 12.6 Å². The van der Waals surface area contributed by atoms with Crippen LogP contribution in [0, 0.1) is 18.3 Å². The van der Waals surface area contributed by atoms with Gasteiger partial charge in [-0.25, -0.2) is 0 Å². The summed E-state index contributed by atoms with van der Waals surface area (Å²) in [7, 11) is -4.10. The van der Waals surface area contributed by atoms with E-state index in [1.165, 1.54) is 12.1 Å². The lowest BCUT2D eigenvalue weighted by atomic mass is 9.98. The molecule has 4 rings (SSSR count). The summed E-state index contributed by atoms with van der Waals surface area (Å²) in [5.41, 5.74) is 2.10. The number of hydrogen-bond acceptors (Lipinski definition) is 4. The van der Waals surface area contributed by atoms with Gasteiger partial charge in [0.2, 0.25) is 0 Å². The third-order valence-electron chi connectivity index (χ3n) is 5.07. The van der Waals surface area contributed by atoms with E-state index in [2.05, 4.69) is 6.07 Å². The van der Waals surface area contributed by atoms with E-state index < -0.39 is 10.1 Å². The molecule has 0 unspecified atom stereocenters. The Morgan fingerprint density at radius 1 is 0.970 bits per heavy atom. The molecule has 0 heterocycles. The third kappa shape index (κ3) is 4.89. The number of nitrogens with zero attached hydrogens (tertiary/aromatic N) is 1. The van der Waals surface area contributed by atoms with Crippen LogP contribution in [0.4, 0.5) is 0 Å². The van der Waals surface area contributed by atoms with Crippen LogP contribution in [0.1, 0.15) is 16.7 Å². The summed E-state index contributed by atoms with van der Waals surface area (Å²) in [5, 5.41) is 12.2. The van der Waals surface area contributed by atoms with E-state index in [0.717, 1.165) is 16.3 Å². The fraction of sp³-hybridized carbons (Fsp3) is 0.0385. The second-order valence-corrected chi connectivity index (χ2v) is 9.73. The minimum atomic E-state index is -4.10. The van der Waals surface area contributed by atoms with Gasteiger partial charge in [-0.2, -0.15) is 13.7 Å². The van der Waals surface area contributed by atoms with Gasteiger partial charge in [0.1, 0.15) is 4.90 Å². The number of halogens is 2. The molecule has 4 aromatic carbocycles. The van der Waals surface area contributed by atoms with Crippen LogP contribution in [-0.2, 0) is 10.1 Å². The number of nitriles is 1. The quantitative estimate of drug-likeness (QED) is 0.166. The standard InChI is InChI=1S/C26H17Cl2NO3S/c1-17-6-10-21(11-7-17)33(30,31)32-26-13-8-18-4-2-3-5-22(18)24(26)14-19(16-29)23-12-9-20(27)15-25(23)28/h2-15H,1H3/b19-14+. The Balaban J connectivity index is 1.90. The Hall–Kier alpha value is -3.30. The highest BCUT2D eigenvalue weighted by molar-refractivity contribution is 7.87. The SMILES string of the molecule is Cc1ccc(S(=O)(=O)Oc2ccc3ccccc3c2/C=C(\C#N)c2ccc(Cl)cc2Cl)cc1. The van der Waals surface area contributed by atoms with Crippen molar-refractivity contribution in [3.63, 3.8) is 0 Å². The largest absolute Gasteiger partial charge is 0.378 e. The van der Waals surface area contributed by atoms with Crippen molar-refractivity contribution in [1.29, 1.82) is 5.26 Å². The molecule has 0 saturated carbocycles. The molecule has 0 saturated heterocycles. The van der Waals surface area contributed by atoms with Gasteiger partial charge in [0.25, 0.3) is 0 Å². The second kappa shape index (κ2) is 9.29. The lowest BCUT2D eigenvalue weighted by molar-refractivity contribution is 0.486. The zero-order valence-electron chi connectivity index (χ0n) is 17.4. The molecule has 4 aromatic rings. The first-order valence-corrected chi connectivity index (χ1v) is 12.0. The molecule has 0 spiro atoms. The summed E-state index contributed by atoms with van der Waals surface area (Å²) >= 11 is 12.3. The zero-order valence-corrected chi connectivity index (χ0v) is 19.7. The van der Waals surface area contributed by atoms with Crippen molar-refractivity contribution in [2.45, 2.75) is 11.8 Å². The Kier molecular flexibility index (Phi) is 6.44. The number of hydrogen-bond donors (Lipinski definition) is 0. The lowest BCUT2D eigenvalue weighted by Crippen LogP contribution is -2.10. The normalized spacial score (nSPS) is 11.9. The van der Waals surface area contributed by atoms with Crippen LogP contribution < -0.4 is 4.18 Å². The summed E-state index contributed by atoms with van der Waals surface area (Å²) in [6.45, 7) is 1.87. The number of rotatable bonds is 5. The number of benzene rings is 4. The van der Waals surface area contributed by atoms with Gasteiger partial charge in [-0.3, -0.25) is 0 Å². The van der Waals surface area contributed by atoms with Crippen molar-refractivity contribution in [1.82, 2.24) is 0 Å². The molecule has 0 aliphatic rings. The first-order chi connectivity index (χ1) is 15.8. The Morgan fingerprint density at radius 3 is 2.39 bits per heavy atom. The van der Waals surface area contributed by atoms with Gasteiger partial charge in [-0.15, -0.1) is 0 Å². The Labute approximate surface area is 202 Å². The summed E-state index contributed by atoms with van der Waals surface area (Å²) in [5.74, 6) is 0.104. The summed E-state index contributed by atoms with van der Waals surface area (Å²) in [6.07, 6.45) is 1.58. The van der Waals surface area contributed by atoms with Crippen molar-refractivity contribution >= 4 is 55.7 Å². The molecule has 33 heavy (non-hydrogen) atoms. The molecule has 0 fully saturated rings. The van der Waals surface area contributed by atoms with Gasteiger partial charge < -0.3 is 4.18 Å². The van der Waals surface area contributed by atoms with E-state index in [-0.39, 0.29) is 16.2 Å². The highest BCUT2D eigenvalue weighted by atomic mass is 35.5. The van der Waals surface area contributed by atoms with Gasteiger partial charge in [0.05, 0.1) is 16.7 Å². The van der Waals surface area contributed by atoms with Gasteiger partial charge in [0, 0.05) is 16.1 Å². The van der Waals surface area contributed by atoms with Crippen molar-refractivity contribution in [3.8, 4) is 11.8 Å². The molecule has 0 bridgehead atoms. The maximum Gasteiger partial charge on any atom is 0.339 e. The molecule has 0 atom stereocenters. The Bertz CT molecular complexity index is 1540. The smallest absolute Gasteiger partial charge is 0.339 e. The Morgan fingerprint density at radius 2 is 1.70 bits per heavy atom. The van der Waals surface area contributed by atoms with Crippen LogP contribution in [0.15, 0.2) is 83.8 Å². The van der Waals surface area contributed by atoms with Crippen LogP contribution in [0.3, 0.4) is 0 Å². The van der Waals surface area contributed by atoms with E-state index in [1.807, 2.05) is 31.2 Å². The zero-order chi connectivity index (χ0) is 23.6. The molecule has 0 N–H and O–H groups in total. The predicted molar refractivity (Wildman–Crippen MR) is 133 cm³/mol. The third-order valence-corrected chi connectivity index (χ3v) is 6.87. The average Bonchev–Trinajstić information content (AvgIpc) is 2.79. The maximum atomic E-state index is 13.0. The summed E-state index contributed by atoms with van der Waals surface area (Å²) in [4.78, 5) is 0.0393. The topological polar surface area (TPSA) is 67.2 Å². The fourth-order valence-corrected chi connectivity index (χ4v) is 4.85. The van der Waals surface area contributed by atoms with Crippen molar-refractivity contribution in [3.05, 3.63) is 106 Å². The van der Waals surface area contributed by atoms with E-state index in [1.54, 1.807) is 48.5 Å². The average molecular weight is 494 g/mol. The first-order valence-electron chi connectivity index (χ1n) is 9.88. The molecule has 7 heteroatoms. The highest BCUT2D eigenvalue weighted by Gasteiger charge is 2.20. The molecule has 0 amide bonds. The monoisotopic (exact) mass is 493 g/mol. The molecule has 0 aliphatic heterocycles. The minimum Gasteiger partial charge on any atom is -0.378 e. The molecule has 0 aromatic heterocycles. The van der Waals surface area contributed by atoms with Crippen LogP contribution in [0.2, 0.25) is 10.0 Å². The van der Waals surface area contributed by atoms with Crippen LogP contribution in [0.25, 0.3) is 22.4 Å². The van der Waals surface area contributed by atoms with E-state index in [0.29, 0.717) is 21.2 Å². The number of allylic oxidation sites excluding steroid dienone is 1. The van der Waals surface area contributed by atoms with E-state index in [4.69, 9.17) is 27.4 Å². The first kappa shape index (κ1) is 22.9. The molecule has 0 radical (unpaired) electrons. The van der Waals surface area contributed by atoms with Crippen molar-refractivity contribution in [2.24, 2.45) is 0 Å². The number of aryl methyl sites for hydroxylation is 1. The highest BCUT2D eigenvalue weighted by Crippen LogP contribution is 2.35. The minimum absolute atomic E-state index is 0.0393. The van der Waals surface area contributed by atoms with Crippen molar-refractivity contribution in [2.75, 3.05) is 0 Å². The van der Waals surface area contributed by atoms with Crippen LogP contribution in [0.5, 0.6) is 5.75 Å².